The molecule has 1 aliphatic rings. The highest BCUT2D eigenvalue weighted by Gasteiger charge is 2.33. The number of rotatable bonds is 8. The first kappa shape index (κ1) is 24.1. The molecule has 1 aromatic heterocycles. The van der Waals surface area contributed by atoms with E-state index in [1.807, 2.05) is 65.6 Å². The van der Waals surface area contributed by atoms with Gasteiger partial charge in [0.05, 0.1) is 32.5 Å². The summed E-state index contributed by atoms with van der Waals surface area (Å²) in [7, 11) is 3.22. The van der Waals surface area contributed by atoms with Crippen LogP contribution in [0.2, 0.25) is 0 Å². The monoisotopic (exact) mass is 474 g/mol. The van der Waals surface area contributed by atoms with E-state index in [0.717, 1.165) is 22.4 Å². The van der Waals surface area contributed by atoms with Crippen LogP contribution >= 0.6 is 0 Å². The lowest BCUT2D eigenvalue weighted by molar-refractivity contribution is -0.121. The number of ether oxygens (including phenoxy) is 2. The first-order valence-electron chi connectivity index (χ1n) is 11.6. The maximum Gasteiger partial charge on any atom is 0.318 e. The smallest absolute Gasteiger partial charge is 0.318 e. The van der Waals surface area contributed by atoms with Crippen molar-refractivity contribution in [3.05, 3.63) is 89.2 Å². The fourth-order valence-corrected chi connectivity index (χ4v) is 4.32. The Morgan fingerprint density at radius 3 is 2.46 bits per heavy atom. The van der Waals surface area contributed by atoms with Gasteiger partial charge >= 0.3 is 6.03 Å². The highest BCUT2D eigenvalue weighted by Crippen LogP contribution is 2.40. The molecule has 2 N–H and O–H groups in total. The van der Waals surface area contributed by atoms with Crippen LogP contribution < -0.4 is 20.1 Å². The molecule has 4 rings (SSSR count). The Bertz CT molecular complexity index is 1150. The number of hydrogen-bond donors (Lipinski definition) is 2. The Hall–Kier alpha value is -4.07. The average Bonchev–Trinajstić information content (AvgIpc) is 2.91. The Morgan fingerprint density at radius 2 is 1.74 bits per heavy atom. The summed E-state index contributed by atoms with van der Waals surface area (Å²) in [5, 5.41) is 5.75. The number of pyridine rings is 1. The summed E-state index contributed by atoms with van der Waals surface area (Å²) in [4.78, 5) is 31.5. The van der Waals surface area contributed by atoms with E-state index in [1.165, 1.54) is 0 Å². The van der Waals surface area contributed by atoms with Gasteiger partial charge in [-0.2, -0.15) is 0 Å². The van der Waals surface area contributed by atoms with Gasteiger partial charge in [-0.3, -0.25) is 9.78 Å². The first-order chi connectivity index (χ1) is 17.1. The summed E-state index contributed by atoms with van der Waals surface area (Å²) in [6.45, 7) is 1.14. The molecule has 8 nitrogen and oxygen atoms in total. The predicted octanol–water partition coefficient (Wildman–Crippen LogP) is 3.46. The van der Waals surface area contributed by atoms with Crippen LogP contribution in [0.15, 0.2) is 66.9 Å². The van der Waals surface area contributed by atoms with Gasteiger partial charge in [-0.15, -0.1) is 0 Å². The summed E-state index contributed by atoms with van der Waals surface area (Å²) in [5.41, 5.74) is 3.91. The third-order valence-corrected chi connectivity index (χ3v) is 6.07. The molecular weight excluding hydrogens is 444 g/mol. The molecule has 0 aliphatic carbocycles. The predicted molar refractivity (Wildman–Crippen MR) is 132 cm³/mol. The molecular formula is C27H30N4O4. The minimum absolute atomic E-state index is 0.142. The molecule has 0 fully saturated rings. The minimum atomic E-state index is -0.280. The number of urea groups is 1. The maximum atomic E-state index is 13.2. The molecule has 2 aromatic carbocycles. The van der Waals surface area contributed by atoms with Gasteiger partial charge in [0.1, 0.15) is 0 Å². The van der Waals surface area contributed by atoms with Gasteiger partial charge in [0, 0.05) is 25.7 Å². The van der Waals surface area contributed by atoms with E-state index < -0.39 is 0 Å². The molecule has 3 amide bonds. The Balaban J connectivity index is 1.45. The second-order valence-electron chi connectivity index (χ2n) is 8.24. The zero-order chi connectivity index (χ0) is 24.6. The van der Waals surface area contributed by atoms with Crippen molar-refractivity contribution in [1.29, 1.82) is 0 Å². The summed E-state index contributed by atoms with van der Waals surface area (Å²) in [6, 6.07) is 18.9. The quantitative estimate of drug-likeness (QED) is 0.522. The zero-order valence-corrected chi connectivity index (χ0v) is 20.0. The van der Waals surface area contributed by atoms with Crippen LogP contribution in [0.4, 0.5) is 4.79 Å². The van der Waals surface area contributed by atoms with Gasteiger partial charge < -0.3 is 25.0 Å². The number of carbonyl (C=O) groups is 2. The number of methoxy groups -OCH3 is 2. The highest BCUT2D eigenvalue weighted by molar-refractivity contribution is 5.79. The number of hydrogen-bond acceptors (Lipinski definition) is 5. The van der Waals surface area contributed by atoms with Crippen LogP contribution in [0.5, 0.6) is 11.5 Å². The molecule has 182 valence electrons. The highest BCUT2D eigenvalue weighted by atomic mass is 16.5. The third-order valence-electron chi connectivity index (χ3n) is 6.07. The van der Waals surface area contributed by atoms with Crippen LogP contribution in [-0.2, 0) is 17.8 Å². The van der Waals surface area contributed by atoms with Gasteiger partial charge in [0.25, 0.3) is 0 Å². The standard InChI is InChI=1S/C27H30N4O4/c1-34-23-16-20-12-15-31(26(19-8-4-3-5-9-19)22(20)17-24(23)35-2)27(33)29-14-11-25(32)30-18-21-10-6-7-13-28-21/h3-10,13,16-17,26H,11-12,14-15,18H2,1-2H3,(H,29,33)(H,30,32). The number of carbonyl (C=O) groups excluding carboxylic acids is 2. The van der Waals surface area contributed by atoms with E-state index in [-0.39, 0.29) is 30.9 Å². The number of aromatic nitrogens is 1. The van der Waals surface area contributed by atoms with E-state index in [9.17, 15) is 9.59 Å². The lowest BCUT2D eigenvalue weighted by Gasteiger charge is -2.38. The van der Waals surface area contributed by atoms with Crippen molar-refractivity contribution < 1.29 is 19.1 Å². The Kier molecular flexibility index (Phi) is 7.82. The van der Waals surface area contributed by atoms with Gasteiger partial charge in [0.2, 0.25) is 5.91 Å². The molecule has 1 unspecified atom stereocenters. The normalized spacial score (nSPS) is 14.6. The first-order valence-corrected chi connectivity index (χ1v) is 11.6. The topological polar surface area (TPSA) is 92.8 Å². The minimum Gasteiger partial charge on any atom is -0.493 e. The van der Waals surface area contributed by atoms with E-state index >= 15 is 0 Å². The summed E-state index contributed by atoms with van der Waals surface area (Å²) < 4.78 is 11.0. The van der Waals surface area contributed by atoms with Crippen LogP contribution in [0.25, 0.3) is 0 Å². The lowest BCUT2D eigenvalue weighted by Crippen LogP contribution is -2.46. The SMILES string of the molecule is COc1cc2c(cc1OC)C(c1ccccc1)N(C(=O)NCCC(=O)NCc1ccccn1)CC2. The van der Waals surface area contributed by atoms with Crippen LogP contribution in [0.1, 0.15) is 34.8 Å². The van der Waals surface area contributed by atoms with Crippen LogP contribution in [0.3, 0.4) is 0 Å². The van der Waals surface area contributed by atoms with Crippen molar-refractivity contribution in [2.24, 2.45) is 0 Å². The maximum absolute atomic E-state index is 13.2. The number of amides is 3. The molecule has 0 radical (unpaired) electrons. The summed E-state index contributed by atoms with van der Waals surface area (Å²) in [5.74, 6) is 1.16. The molecule has 1 aliphatic heterocycles. The second-order valence-corrected chi connectivity index (χ2v) is 8.24. The lowest BCUT2D eigenvalue weighted by atomic mass is 9.88. The fourth-order valence-electron chi connectivity index (χ4n) is 4.32. The van der Waals surface area contributed by atoms with Crippen molar-refractivity contribution in [3.8, 4) is 11.5 Å². The third kappa shape index (κ3) is 5.71. The van der Waals surface area contributed by atoms with E-state index in [2.05, 4.69) is 15.6 Å². The molecule has 0 spiro atoms. The van der Waals surface area contributed by atoms with Gasteiger partial charge in [-0.1, -0.05) is 36.4 Å². The second kappa shape index (κ2) is 11.4. The number of benzene rings is 2. The van der Waals surface area contributed by atoms with Crippen molar-refractivity contribution >= 4 is 11.9 Å². The van der Waals surface area contributed by atoms with Crippen molar-refractivity contribution in [2.45, 2.75) is 25.4 Å². The Morgan fingerprint density at radius 1 is 1.00 bits per heavy atom. The molecule has 0 bridgehead atoms. The van der Waals surface area contributed by atoms with E-state index in [0.29, 0.717) is 31.0 Å². The van der Waals surface area contributed by atoms with Crippen LogP contribution in [0, 0.1) is 0 Å². The molecule has 3 aromatic rings. The van der Waals surface area contributed by atoms with E-state index in [4.69, 9.17) is 9.47 Å². The Labute approximate surface area is 205 Å². The van der Waals surface area contributed by atoms with Gasteiger partial charge in [-0.05, 0) is 47.4 Å². The largest absolute Gasteiger partial charge is 0.493 e. The molecule has 0 saturated carbocycles. The van der Waals surface area contributed by atoms with Crippen molar-refractivity contribution in [1.82, 2.24) is 20.5 Å². The number of nitrogens with zero attached hydrogens (tertiary/aromatic N) is 2. The molecule has 2 heterocycles. The molecule has 0 saturated heterocycles. The van der Waals surface area contributed by atoms with Crippen molar-refractivity contribution in [3.63, 3.8) is 0 Å². The fraction of sp³-hybridized carbons (Fsp3) is 0.296. The molecule has 1 atom stereocenters. The van der Waals surface area contributed by atoms with Gasteiger partial charge in [0.15, 0.2) is 11.5 Å². The molecule has 35 heavy (non-hydrogen) atoms. The summed E-state index contributed by atoms with van der Waals surface area (Å²) in [6.07, 6.45) is 2.56. The average molecular weight is 475 g/mol. The van der Waals surface area contributed by atoms with Crippen molar-refractivity contribution in [2.75, 3.05) is 27.3 Å². The zero-order valence-electron chi connectivity index (χ0n) is 20.0. The number of fused-ring (bicyclic) bond motifs is 1. The molecule has 8 heteroatoms. The van der Waals surface area contributed by atoms with E-state index in [1.54, 1.807) is 20.4 Å². The number of nitrogens with one attached hydrogen (secondary N) is 2. The van der Waals surface area contributed by atoms with Crippen LogP contribution in [-0.4, -0.2) is 49.1 Å². The summed E-state index contributed by atoms with van der Waals surface area (Å²) >= 11 is 0. The van der Waals surface area contributed by atoms with Gasteiger partial charge in [-0.25, -0.2) is 4.79 Å².